The van der Waals surface area contributed by atoms with Crippen LogP contribution in [0.3, 0.4) is 0 Å². The van der Waals surface area contributed by atoms with Crippen LogP contribution in [0.4, 0.5) is 0 Å². The van der Waals surface area contributed by atoms with Crippen LogP contribution in [0.15, 0.2) is 60.7 Å². The summed E-state index contributed by atoms with van der Waals surface area (Å²) in [6, 6.07) is 17.9. The molecule has 0 fully saturated rings. The van der Waals surface area contributed by atoms with Crippen molar-refractivity contribution in [2.24, 2.45) is 0 Å². The average Bonchev–Trinajstić information content (AvgIpc) is 2.31. The summed E-state index contributed by atoms with van der Waals surface area (Å²) < 4.78 is 0. The Kier molecular flexibility index (Phi) is 4.98. The third kappa shape index (κ3) is 3.73. The Hall–Kier alpha value is -1.04. The van der Waals surface area contributed by atoms with Gasteiger partial charge in [0.25, 0.3) is 0 Å². The Morgan fingerprint density at radius 1 is 0.882 bits per heavy atom. The van der Waals surface area contributed by atoms with Gasteiger partial charge in [-0.1, -0.05) is 60.7 Å². The maximum absolute atomic E-state index is 12.0. The Morgan fingerprint density at radius 2 is 1.35 bits per heavy atom. The summed E-state index contributed by atoms with van der Waals surface area (Å²) in [5.74, 6) is -2.05. The SMILES string of the molecule is [Li+].[O-]C(O)(Cc1ccccc1)c1ccccc1. The van der Waals surface area contributed by atoms with E-state index >= 15 is 0 Å². The van der Waals surface area contributed by atoms with Crippen LogP contribution < -0.4 is 24.0 Å². The fraction of sp³-hybridized carbons (Fsp3) is 0.143. The van der Waals surface area contributed by atoms with E-state index in [-0.39, 0.29) is 25.3 Å². The number of aliphatic hydroxyl groups is 1. The van der Waals surface area contributed by atoms with Crippen LogP contribution in [0, 0.1) is 0 Å². The molecule has 0 bridgehead atoms. The van der Waals surface area contributed by atoms with E-state index in [0.717, 1.165) is 5.56 Å². The van der Waals surface area contributed by atoms with Crippen molar-refractivity contribution in [1.29, 1.82) is 0 Å². The van der Waals surface area contributed by atoms with Crippen molar-refractivity contribution in [3.05, 3.63) is 71.8 Å². The van der Waals surface area contributed by atoms with Crippen molar-refractivity contribution in [2.75, 3.05) is 0 Å². The summed E-state index contributed by atoms with van der Waals surface area (Å²) >= 11 is 0. The molecule has 2 rings (SSSR count). The van der Waals surface area contributed by atoms with Crippen LogP contribution in [0.25, 0.3) is 0 Å². The van der Waals surface area contributed by atoms with Gasteiger partial charge in [0, 0.05) is 5.79 Å². The molecule has 0 radical (unpaired) electrons. The van der Waals surface area contributed by atoms with E-state index in [9.17, 15) is 10.2 Å². The minimum absolute atomic E-state index is 0. The van der Waals surface area contributed by atoms with E-state index in [0.29, 0.717) is 5.56 Å². The van der Waals surface area contributed by atoms with Gasteiger partial charge in [0.1, 0.15) is 0 Å². The summed E-state index contributed by atoms with van der Waals surface area (Å²) in [5, 5.41) is 21.9. The van der Waals surface area contributed by atoms with E-state index in [4.69, 9.17) is 0 Å². The molecule has 1 N–H and O–H groups in total. The van der Waals surface area contributed by atoms with E-state index in [1.165, 1.54) is 0 Å². The Labute approximate surface area is 113 Å². The Bertz CT molecular complexity index is 440. The first kappa shape index (κ1) is 14.0. The van der Waals surface area contributed by atoms with Crippen molar-refractivity contribution in [1.82, 2.24) is 0 Å². The standard InChI is InChI=1S/C14H13O2.Li/c15-14(16,13-9-5-2-6-10-13)11-12-7-3-1-4-8-12;/h1-10,15H,11H2;/q-1;+1. The zero-order valence-electron chi connectivity index (χ0n) is 9.84. The normalized spacial score (nSPS) is 13.5. The fourth-order valence-corrected chi connectivity index (χ4v) is 1.67. The predicted octanol–water partition coefficient (Wildman–Crippen LogP) is -1.56. The molecular weight excluding hydrogens is 207 g/mol. The molecular formula is C14H13LiO2. The molecule has 0 aliphatic carbocycles. The van der Waals surface area contributed by atoms with Gasteiger partial charge in [0.2, 0.25) is 0 Å². The second-order valence-corrected chi connectivity index (χ2v) is 3.81. The van der Waals surface area contributed by atoms with Crippen LogP contribution in [-0.4, -0.2) is 5.11 Å². The smallest absolute Gasteiger partial charge is 0.825 e. The third-order valence-corrected chi connectivity index (χ3v) is 2.51. The summed E-state index contributed by atoms with van der Waals surface area (Å²) in [6.45, 7) is 0. The summed E-state index contributed by atoms with van der Waals surface area (Å²) in [7, 11) is 0. The number of benzene rings is 2. The molecule has 17 heavy (non-hydrogen) atoms. The number of hydrogen-bond acceptors (Lipinski definition) is 2. The quantitative estimate of drug-likeness (QED) is 0.502. The minimum Gasteiger partial charge on any atom is -0.825 e. The summed E-state index contributed by atoms with van der Waals surface area (Å²) in [5.41, 5.74) is 1.24. The van der Waals surface area contributed by atoms with Gasteiger partial charge in [-0.25, -0.2) is 0 Å². The van der Waals surface area contributed by atoms with Crippen LogP contribution >= 0.6 is 0 Å². The average molecular weight is 220 g/mol. The maximum Gasteiger partial charge on any atom is 1.00 e. The van der Waals surface area contributed by atoms with Gasteiger partial charge in [-0.3, -0.25) is 0 Å². The topological polar surface area (TPSA) is 43.3 Å². The largest absolute Gasteiger partial charge is 1.00 e. The molecule has 82 valence electrons. The first-order valence-electron chi connectivity index (χ1n) is 5.21. The van der Waals surface area contributed by atoms with Gasteiger partial charge in [-0.15, -0.1) is 0 Å². The van der Waals surface area contributed by atoms with E-state index in [2.05, 4.69) is 0 Å². The van der Waals surface area contributed by atoms with Gasteiger partial charge >= 0.3 is 18.9 Å². The Morgan fingerprint density at radius 3 is 1.88 bits per heavy atom. The monoisotopic (exact) mass is 220 g/mol. The van der Waals surface area contributed by atoms with Crippen molar-refractivity contribution < 1.29 is 29.1 Å². The fourth-order valence-electron chi connectivity index (χ4n) is 1.67. The Balaban J connectivity index is 0.00000144. The van der Waals surface area contributed by atoms with Crippen molar-refractivity contribution in [2.45, 2.75) is 12.2 Å². The summed E-state index contributed by atoms with van der Waals surface area (Å²) in [4.78, 5) is 0. The maximum atomic E-state index is 12.0. The molecule has 0 aliphatic heterocycles. The molecule has 2 nitrogen and oxygen atoms in total. The zero-order chi connectivity index (χ0) is 11.4. The molecule has 1 atom stereocenters. The first-order valence-corrected chi connectivity index (χ1v) is 5.21. The molecule has 0 amide bonds. The molecule has 3 heteroatoms. The van der Waals surface area contributed by atoms with Gasteiger partial charge in [0.15, 0.2) is 0 Å². The van der Waals surface area contributed by atoms with Crippen molar-refractivity contribution >= 4 is 0 Å². The molecule has 0 aromatic heterocycles. The molecule has 2 aromatic rings. The molecule has 0 heterocycles. The third-order valence-electron chi connectivity index (χ3n) is 2.51. The van der Waals surface area contributed by atoms with Crippen molar-refractivity contribution in [3.8, 4) is 0 Å². The molecule has 0 spiro atoms. The minimum atomic E-state index is -2.05. The number of hydrogen-bond donors (Lipinski definition) is 1. The van der Waals surface area contributed by atoms with E-state index < -0.39 is 5.79 Å². The van der Waals surface area contributed by atoms with Gasteiger partial charge < -0.3 is 10.2 Å². The first-order chi connectivity index (χ1) is 7.68. The molecule has 0 aliphatic rings. The second kappa shape index (κ2) is 6.04. The van der Waals surface area contributed by atoms with Gasteiger partial charge in [-0.2, -0.15) is 0 Å². The molecule has 0 saturated carbocycles. The van der Waals surface area contributed by atoms with Crippen LogP contribution in [0.1, 0.15) is 11.1 Å². The van der Waals surface area contributed by atoms with Crippen LogP contribution in [0.5, 0.6) is 0 Å². The molecule has 1 unspecified atom stereocenters. The predicted molar refractivity (Wildman–Crippen MR) is 60.5 cm³/mol. The molecule has 0 saturated heterocycles. The van der Waals surface area contributed by atoms with E-state index in [1.54, 1.807) is 24.3 Å². The zero-order valence-corrected chi connectivity index (χ0v) is 9.84. The van der Waals surface area contributed by atoms with Crippen molar-refractivity contribution in [3.63, 3.8) is 0 Å². The number of rotatable bonds is 3. The van der Waals surface area contributed by atoms with Crippen LogP contribution in [0.2, 0.25) is 0 Å². The van der Waals surface area contributed by atoms with Crippen LogP contribution in [-0.2, 0) is 12.2 Å². The van der Waals surface area contributed by atoms with Gasteiger partial charge in [-0.05, 0) is 17.5 Å². The van der Waals surface area contributed by atoms with Gasteiger partial charge in [0.05, 0.1) is 0 Å². The second-order valence-electron chi connectivity index (χ2n) is 3.81. The van der Waals surface area contributed by atoms with E-state index in [1.807, 2.05) is 36.4 Å². The summed E-state index contributed by atoms with van der Waals surface area (Å²) in [6.07, 6.45) is 0.0812. The molecule has 2 aromatic carbocycles.